The molecule has 0 aliphatic carbocycles. The van der Waals surface area contributed by atoms with Gasteiger partial charge in [-0.2, -0.15) is 5.10 Å². The van der Waals surface area contributed by atoms with E-state index in [1.165, 1.54) is 26.4 Å². The molecule has 7 heteroatoms. The standard InChI is InChI=1S/C16H14N4O3/c1-19-14(21)12(15(22)20(2)16(19)23)8-11-9-17-18-13(11)10-6-4-3-5-7-10/h3-9,21H,1-2H3/b11-8+. The Labute approximate surface area is 131 Å². The van der Waals surface area contributed by atoms with Crippen LogP contribution in [-0.2, 0) is 14.1 Å². The maximum Gasteiger partial charge on any atom is 0.333 e. The summed E-state index contributed by atoms with van der Waals surface area (Å²) in [5.41, 5.74) is 0.875. The van der Waals surface area contributed by atoms with Crippen molar-refractivity contribution in [3.05, 3.63) is 67.9 Å². The highest BCUT2D eigenvalue weighted by atomic mass is 16.3. The zero-order valence-corrected chi connectivity index (χ0v) is 12.6. The summed E-state index contributed by atoms with van der Waals surface area (Å²) in [6, 6.07) is 9.38. The highest BCUT2D eigenvalue weighted by Crippen LogP contribution is 2.18. The fraction of sp³-hybridized carbons (Fsp3) is 0.125. The molecule has 1 aromatic heterocycles. The number of aromatic hydroxyl groups is 1. The van der Waals surface area contributed by atoms with E-state index in [0.717, 1.165) is 14.7 Å². The van der Waals surface area contributed by atoms with Gasteiger partial charge in [0.25, 0.3) is 5.56 Å². The Morgan fingerprint density at radius 3 is 2.48 bits per heavy atom. The third-order valence-corrected chi connectivity index (χ3v) is 3.64. The number of hydrogen-bond acceptors (Lipinski definition) is 5. The number of allylic oxidation sites excluding steroid dienone is 1. The van der Waals surface area contributed by atoms with E-state index >= 15 is 0 Å². The summed E-state index contributed by atoms with van der Waals surface area (Å²) in [7, 11) is 2.76. The Morgan fingerprint density at radius 1 is 1.09 bits per heavy atom. The minimum Gasteiger partial charge on any atom is -0.494 e. The summed E-state index contributed by atoms with van der Waals surface area (Å²) >= 11 is 0. The van der Waals surface area contributed by atoms with Gasteiger partial charge in [-0.25, -0.2) is 4.79 Å². The average molecular weight is 310 g/mol. The molecule has 0 spiro atoms. The minimum atomic E-state index is -0.591. The number of hydrogen-bond donors (Lipinski definition) is 1. The van der Waals surface area contributed by atoms with Crippen molar-refractivity contribution in [2.45, 2.75) is 0 Å². The van der Waals surface area contributed by atoms with Crippen molar-refractivity contribution in [2.75, 3.05) is 0 Å². The highest BCUT2D eigenvalue weighted by Gasteiger charge is 2.17. The maximum atomic E-state index is 12.3. The molecule has 0 saturated heterocycles. The lowest BCUT2D eigenvalue weighted by Gasteiger charge is -2.08. The van der Waals surface area contributed by atoms with Crippen LogP contribution >= 0.6 is 0 Å². The lowest BCUT2D eigenvalue weighted by Crippen LogP contribution is -2.38. The van der Waals surface area contributed by atoms with Crippen LogP contribution in [0.25, 0.3) is 6.08 Å². The first-order valence-corrected chi connectivity index (χ1v) is 6.88. The van der Waals surface area contributed by atoms with E-state index < -0.39 is 17.1 Å². The van der Waals surface area contributed by atoms with Gasteiger partial charge < -0.3 is 5.11 Å². The largest absolute Gasteiger partial charge is 0.494 e. The Kier molecular flexibility index (Phi) is 3.53. The number of aromatic nitrogens is 2. The van der Waals surface area contributed by atoms with Gasteiger partial charge in [-0.15, -0.1) is 5.10 Å². The van der Waals surface area contributed by atoms with E-state index in [1.54, 1.807) is 0 Å². The van der Waals surface area contributed by atoms with Crippen LogP contribution in [0.3, 0.4) is 0 Å². The number of nitrogens with zero attached hydrogens (tertiary/aromatic N) is 4. The second-order valence-corrected chi connectivity index (χ2v) is 5.10. The van der Waals surface area contributed by atoms with E-state index in [2.05, 4.69) is 10.2 Å². The third-order valence-electron chi connectivity index (χ3n) is 3.64. The second-order valence-electron chi connectivity index (χ2n) is 5.10. The normalized spacial score (nSPS) is 15.2. The van der Waals surface area contributed by atoms with Gasteiger partial charge in [0.15, 0.2) is 0 Å². The van der Waals surface area contributed by atoms with Gasteiger partial charge in [0.05, 0.1) is 6.21 Å². The van der Waals surface area contributed by atoms with Crippen LogP contribution in [0, 0.1) is 0 Å². The van der Waals surface area contributed by atoms with Crippen LogP contribution in [0.2, 0.25) is 0 Å². The van der Waals surface area contributed by atoms with Gasteiger partial charge in [-0.3, -0.25) is 13.9 Å². The molecule has 23 heavy (non-hydrogen) atoms. The summed E-state index contributed by atoms with van der Waals surface area (Å²) in [6.45, 7) is 0. The Balaban J connectivity index is 2.17. The van der Waals surface area contributed by atoms with Crippen molar-refractivity contribution in [1.29, 1.82) is 0 Å². The highest BCUT2D eigenvalue weighted by molar-refractivity contribution is 6.28. The SMILES string of the molecule is Cn1c(O)c(/C=C2\C=NN=C2c2ccccc2)c(=O)n(C)c1=O. The average Bonchev–Trinajstić information content (AvgIpc) is 3.04. The first-order chi connectivity index (χ1) is 11.0. The summed E-state index contributed by atoms with van der Waals surface area (Å²) in [6.07, 6.45) is 2.99. The van der Waals surface area contributed by atoms with Gasteiger partial charge in [-0.05, 0) is 6.08 Å². The molecular weight excluding hydrogens is 296 g/mol. The van der Waals surface area contributed by atoms with E-state index in [0.29, 0.717) is 11.3 Å². The summed E-state index contributed by atoms with van der Waals surface area (Å²) in [5, 5.41) is 18.1. The molecule has 0 unspecified atom stereocenters. The molecule has 2 heterocycles. The van der Waals surface area contributed by atoms with Crippen LogP contribution in [0.1, 0.15) is 11.1 Å². The van der Waals surface area contributed by atoms with Crippen molar-refractivity contribution in [2.24, 2.45) is 24.3 Å². The first kappa shape index (κ1) is 14.7. The Morgan fingerprint density at radius 2 is 1.78 bits per heavy atom. The molecule has 1 aromatic carbocycles. The lowest BCUT2D eigenvalue weighted by molar-refractivity contribution is 0.410. The fourth-order valence-corrected chi connectivity index (χ4v) is 2.33. The Hall–Kier alpha value is -3.22. The van der Waals surface area contributed by atoms with Crippen LogP contribution in [0.15, 0.2) is 55.7 Å². The van der Waals surface area contributed by atoms with Gasteiger partial charge in [0, 0.05) is 25.2 Å². The first-order valence-electron chi connectivity index (χ1n) is 6.88. The van der Waals surface area contributed by atoms with Crippen molar-refractivity contribution >= 4 is 18.0 Å². The minimum absolute atomic E-state index is 0.0154. The van der Waals surface area contributed by atoms with Crippen molar-refractivity contribution in [3.8, 4) is 5.88 Å². The second kappa shape index (κ2) is 5.53. The number of benzene rings is 1. The molecule has 116 valence electrons. The van der Waals surface area contributed by atoms with Gasteiger partial charge in [0.2, 0.25) is 5.88 Å². The van der Waals surface area contributed by atoms with E-state index in [1.807, 2.05) is 30.3 Å². The van der Waals surface area contributed by atoms with Crippen LogP contribution in [-0.4, -0.2) is 26.2 Å². The molecule has 0 atom stereocenters. The number of rotatable bonds is 2. The summed E-state index contributed by atoms with van der Waals surface area (Å²) in [4.78, 5) is 24.0. The molecule has 7 nitrogen and oxygen atoms in total. The van der Waals surface area contributed by atoms with Crippen LogP contribution in [0.4, 0.5) is 0 Å². The molecule has 0 bridgehead atoms. The van der Waals surface area contributed by atoms with Crippen molar-refractivity contribution in [1.82, 2.24) is 9.13 Å². The van der Waals surface area contributed by atoms with Gasteiger partial charge in [-0.1, -0.05) is 30.3 Å². The van der Waals surface area contributed by atoms with E-state index in [9.17, 15) is 14.7 Å². The molecule has 1 aliphatic heterocycles. The molecule has 1 N–H and O–H groups in total. The van der Waals surface area contributed by atoms with Crippen molar-refractivity contribution < 1.29 is 5.11 Å². The zero-order valence-electron chi connectivity index (χ0n) is 12.6. The Bertz CT molecular complexity index is 979. The molecule has 1 aliphatic rings. The maximum absolute atomic E-state index is 12.3. The van der Waals surface area contributed by atoms with Crippen molar-refractivity contribution in [3.63, 3.8) is 0 Å². The molecular formula is C16H14N4O3. The van der Waals surface area contributed by atoms with Crippen LogP contribution < -0.4 is 11.2 Å². The predicted octanol–water partition coefficient (Wildman–Crippen LogP) is 0.662. The quantitative estimate of drug-likeness (QED) is 0.883. The zero-order chi connectivity index (χ0) is 16.6. The smallest absolute Gasteiger partial charge is 0.333 e. The summed E-state index contributed by atoms with van der Waals surface area (Å²) in [5.74, 6) is -0.390. The lowest BCUT2D eigenvalue weighted by atomic mass is 10.0. The van der Waals surface area contributed by atoms with Crippen LogP contribution in [0.5, 0.6) is 5.88 Å². The molecule has 3 rings (SSSR count). The third kappa shape index (κ3) is 2.42. The van der Waals surface area contributed by atoms with E-state index in [4.69, 9.17) is 0 Å². The van der Waals surface area contributed by atoms with Gasteiger partial charge >= 0.3 is 5.69 Å². The molecule has 2 aromatic rings. The fourth-order valence-electron chi connectivity index (χ4n) is 2.33. The molecule has 0 amide bonds. The monoisotopic (exact) mass is 310 g/mol. The molecule has 0 fully saturated rings. The topological polar surface area (TPSA) is 88.9 Å². The predicted molar refractivity (Wildman–Crippen MR) is 88.0 cm³/mol. The summed E-state index contributed by atoms with van der Waals surface area (Å²) < 4.78 is 1.96. The molecule has 0 saturated carbocycles. The molecule has 0 radical (unpaired) electrons. The van der Waals surface area contributed by atoms with Gasteiger partial charge in [0.1, 0.15) is 11.3 Å². The van der Waals surface area contributed by atoms with E-state index in [-0.39, 0.29) is 5.56 Å².